The van der Waals surface area contributed by atoms with E-state index in [4.69, 9.17) is 23.7 Å². The van der Waals surface area contributed by atoms with Crippen LogP contribution in [0.4, 0.5) is 0 Å². The zero-order chi connectivity index (χ0) is 27.3. The summed E-state index contributed by atoms with van der Waals surface area (Å²) in [5.41, 5.74) is 0. The highest BCUT2D eigenvalue weighted by molar-refractivity contribution is 5.82. The molecule has 0 aromatic rings. The Bertz CT molecular complexity index is 684. The predicted molar refractivity (Wildman–Crippen MR) is 147 cm³/mol. The van der Waals surface area contributed by atoms with E-state index in [0.717, 1.165) is 24.9 Å². The molecule has 2 heterocycles. The summed E-state index contributed by atoms with van der Waals surface area (Å²) in [4.78, 5) is 27.7. The molecule has 0 spiro atoms. The summed E-state index contributed by atoms with van der Waals surface area (Å²) in [7, 11) is 2.23. The van der Waals surface area contributed by atoms with Crippen LogP contribution < -0.4 is 0 Å². The van der Waals surface area contributed by atoms with Gasteiger partial charge in [-0.3, -0.25) is 0 Å². The number of carbonyl (C=O) groups is 2. The van der Waals surface area contributed by atoms with Crippen molar-refractivity contribution in [2.24, 2.45) is 11.8 Å². The van der Waals surface area contributed by atoms with Crippen molar-refractivity contribution < 1.29 is 33.3 Å². The van der Waals surface area contributed by atoms with E-state index >= 15 is 0 Å². The van der Waals surface area contributed by atoms with Gasteiger partial charge < -0.3 is 33.5 Å². The highest BCUT2D eigenvalue weighted by Crippen LogP contribution is 2.27. The molecule has 0 unspecified atom stereocenters. The van der Waals surface area contributed by atoms with Gasteiger partial charge in [-0.15, -0.1) is 0 Å². The third kappa shape index (κ3) is 16.1. The van der Waals surface area contributed by atoms with Crippen LogP contribution in [0, 0.1) is 11.8 Å². The number of piperidine rings is 2. The van der Waals surface area contributed by atoms with Crippen LogP contribution in [-0.4, -0.2) is 108 Å². The largest absolute Gasteiger partial charge is 0.460 e. The van der Waals surface area contributed by atoms with Crippen molar-refractivity contribution in [1.29, 1.82) is 0 Å². The number of esters is 2. The van der Waals surface area contributed by atoms with Crippen molar-refractivity contribution in [3.63, 3.8) is 0 Å². The summed E-state index contributed by atoms with van der Waals surface area (Å²) in [6, 6.07) is 0. The van der Waals surface area contributed by atoms with Gasteiger partial charge in [0, 0.05) is 31.4 Å². The molecule has 38 heavy (non-hydrogen) atoms. The third-order valence-corrected chi connectivity index (χ3v) is 7.12. The molecule has 0 bridgehead atoms. The Balaban J connectivity index is 1.35. The monoisotopic (exact) mass is 538 g/mol. The van der Waals surface area contributed by atoms with Gasteiger partial charge in [0.2, 0.25) is 0 Å². The van der Waals surface area contributed by atoms with Crippen molar-refractivity contribution in [3.05, 3.63) is 24.4 Å². The molecule has 0 amide bonds. The maximum absolute atomic E-state index is 12.0. The van der Waals surface area contributed by atoms with Crippen molar-refractivity contribution in [1.82, 2.24) is 9.80 Å². The summed E-state index contributed by atoms with van der Waals surface area (Å²) in [6.07, 6.45) is 15.6. The summed E-state index contributed by atoms with van der Waals surface area (Å²) < 4.78 is 26.2. The summed E-state index contributed by atoms with van der Waals surface area (Å²) >= 11 is 0. The van der Waals surface area contributed by atoms with E-state index in [0.29, 0.717) is 39.6 Å². The number of hydrogen-bond acceptors (Lipinski definition) is 9. The van der Waals surface area contributed by atoms with Crippen LogP contribution in [0.5, 0.6) is 0 Å². The molecule has 2 rings (SSSR count). The molecule has 9 nitrogen and oxygen atoms in total. The highest BCUT2D eigenvalue weighted by atomic mass is 16.6. The van der Waals surface area contributed by atoms with Gasteiger partial charge in [0.25, 0.3) is 0 Å². The van der Waals surface area contributed by atoms with E-state index in [2.05, 4.69) is 16.8 Å². The number of rotatable bonds is 19. The van der Waals surface area contributed by atoms with Crippen LogP contribution in [0.15, 0.2) is 24.4 Å². The zero-order valence-corrected chi connectivity index (χ0v) is 23.7. The van der Waals surface area contributed by atoms with E-state index in [1.54, 1.807) is 13.0 Å². The average Bonchev–Trinajstić information content (AvgIpc) is 2.92. The fourth-order valence-electron chi connectivity index (χ4n) is 4.78. The second kappa shape index (κ2) is 21.0. The molecule has 2 aliphatic heterocycles. The highest BCUT2D eigenvalue weighted by Gasteiger charge is 2.19. The maximum atomic E-state index is 12.0. The van der Waals surface area contributed by atoms with E-state index in [9.17, 15) is 9.59 Å². The first-order valence-corrected chi connectivity index (χ1v) is 14.4. The fourth-order valence-corrected chi connectivity index (χ4v) is 4.78. The lowest BCUT2D eigenvalue weighted by Crippen LogP contribution is -2.31. The predicted octanol–water partition coefficient (Wildman–Crippen LogP) is 3.44. The minimum absolute atomic E-state index is 0.220. The topological polar surface area (TPSA) is 86.8 Å². The first kappa shape index (κ1) is 32.3. The molecule has 0 N–H and O–H groups in total. The first-order valence-electron chi connectivity index (χ1n) is 14.4. The molecule has 2 saturated heterocycles. The Kier molecular flexibility index (Phi) is 17.8. The normalized spacial score (nSPS) is 18.0. The Morgan fingerprint density at radius 3 is 1.63 bits per heavy atom. The number of allylic oxidation sites excluding steroid dienone is 1. The van der Waals surface area contributed by atoms with E-state index in [-0.39, 0.29) is 25.2 Å². The van der Waals surface area contributed by atoms with Crippen molar-refractivity contribution in [3.8, 4) is 0 Å². The van der Waals surface area contributed by atoms with Crippen LogP contribution in [0.25, 0.3) is 0 Å². The smallest absolute Gasteiger partial charge is 0.332 e. The van der Waals surface area contributed by atoms with Crippen molar-refractivity contribution in [2.75, 3.05) is 86.1 Å². The molecule has 0 radical (unpaired) electrons. The summed E-state index contributed by atoms with van der Waals surface area (Å²) in [5.74, 6) is 1.05. The SMILES string of the molecule is C/C=C/C(=O)OCCOCCOCCOCCOC(=O)/C=C/N1CCC(CCCC2CCN(C)CC2)CC1. The van der Waals surface area contributed by atoms with Gasteiger partial charge >= 0.3 is 11.9 Å². The molecule has 218 valence electrons. The van der Waals surface area contributed by atoms with Gasteiger partial charge in [-0.05, 0) is 64.6 Å². The minimum Gasteiger partial charge on any atom is -0.460 e. The standard InChI is InChI=1S/C29H50N2O7/c1-3-5-28(32)37-24-22-35-20-18-34-19-21-36-23-25-38-29(33)12-17-31-15-10-27(11-16-31)7-4-6-26-8-13-30(2)14-9-26/h3,5,12,17,26-27H,4,6-11,13-16,18-25H2,1-2H3/b5-3+,17-12+. The van der Waals surface area contributed by atoms with Gasteiger partial charge in [-0.1, -0.05) is 25.3 Å². The molecule has 0 saturated carbocycles. The van der Waals surface area contributed by atoms with E-state index in [1.807, 2.05) is 6.20 Å². The lowest BCUT2D eigenvalue weighted by atomic mass is 9.87. The number of ether oxygens (including phenoxy) is 5. The van der Waals surface area contributed by atoms with E-state index < -0.39 is 0 Å². The van der Waals surface area contributed by atoms with Gasteiger partial charge in [-0.25, -0.2) is 9.59 Å². The number of nitrogens with zero attached hydrogens (tertiary/aromatic N) is 2. The molecular formula is C29H50N2O7. The Labute approximate surface area is 229 Å². The summed E-state index contributed by atoms with van der Waals surface area (Å²) in [6.45, 7) is 9.12. The van der Waals surface area contributed by atoms with Crippen LogP contribution in [0.2, 0.25) is 0 Å². The van der Waals surface area contributed by atoms with Crippen LogP contribution >= 0.6 is 0 Å². The lowest BCUT2D eigenvalue weighted by Gasteiger charge is -2.32. The van der Waals surface area contributed by atoms with Gasteiger partial charge in [0.15, 0.2) is 0 Å². The van der Waals surface area contributed by atoms with E-state index in [1.165, 1.54) is 70.2 Å². The second-order valence-corrected chi connectivity index (χ2v) is 10.1. The Morgan fingerprint density at radius 1 is 0.684 bits per heavy atom. The van der Waals surface area contributed by atoms with Crippen molar-refractivity contribution in [2.45, 2.75) is 51.9 Å². The molecule has 0 aromatic carbocycles. The van der Waals surface area contributed by atoms with Crippen molar-refractivity contribution >= 4 is 11.9 Å². The molecular weight excluding hydrogens is 488 g/mol. The first-order chi connectivity index (χ1) is 18.6. The molecule has 0 aromatic heterocycles. The van der Waals surface area contributed by atoms with Crippen LogP contribution in [-0.2, 0) is 33.3 Å². The van der Waals surface area contributed by atoms with Gasteiger partial charge in [0.1, 0.15) is 13.2 Å². The average molecular weight is 539 g/mol. The summed E-state index contributed by atoms with van der Waals surface area (Å²) in [5, 5.41) is 0. The minimum atomic E-state index is -0.370. The Morgan fingerprint density at radius 2 is 1.13 bits per heavy atom. The zero-order valence-electron chi connectivity index (χ0n) is 23.7. The number of carbonyl (C=O) groups excluding carboxylic acids is 2. The molecule has 0 atom stereocenters. The Hall–Kier alpha value is -1.94. The quantitative estimate of drug-likeness (QED) is 0.139. The second-order valence-electron chi connectivity index (χ2n) is 10.1. The molecule has 9 heteroatoms. The van der Waals surface area contributed by atoms with Gasteiger partial charge in [0.05, 0.1) is 39.6 Å². The fraction of sp³-hybridized carbons (Fsp3) is 0.793. The number of hydrogen-bond donors (Lipinski definition) is 0. The molecule has 2 aliphatic rings. The molecule has 2 fully saturated rings. The van der Waals surface area contributed by atoms with Crippen LogP contribution in [0.1, 0.15) is 51.9 Å². The van der Waals surface area contributed by atoms with Gasteiger partial charge in [-0.2, -0.15) is 0 Å². The lowest BCUT2D eigenvalue weighted by molar-refractivity contribution is -0.140. The maximum Gasteiger partial charge on any atom is 0.332 e. The molecule has 0 aliphatic carbocycles. The van der Waals surface area contributed by atoms with Crippen LogP contribution in [0.3, 0.4) is 0 Å². The third-order valence-electron chi connectivity index (χ3n) is 7.12. The number of likely N-dealkylation sites (tertiary alicyclic amines) is 2.